The number of amides is 3. The predicted molar refractivity (Wildman–Crippen MR) is 130 cm³/mol. The van der Waals surface area contributed by atoms with Crippen LogP contribution in [0.2, 0.25) is 0 Å². The van der Waals surface area contributed by atoms with Gasteiger partial charge in [-0.25, -0.2) is 4.39 Å². The van der Waals surface area contributed by atoms with Gasteiger partial charge in [0.15, 0.2) is 0 Å². The summed E-state index contributed by atoms with van der Waals surface area (Å²) in [6.45, 7) is 6.25. The number of hydrogen-bond acceptors (Lipinski definition) is 5. The Balaban J connectivity index is 1.49. The minimum atomic E-state index is -0.529. The minimum absolute atomic E-state index is 0.0606. The largest absolute Gasteiger partial charge is 0.369 e. The molecule has 8 heteroatoms. The molecule has 2 heterocycles. The van der Waals surface area contributed by atoms with Gasteiger partial charge in [0.25, 0.3) is 11.1 Å². The molecule has 3 amide bonds. The summed E-state index contributed by atoms with van der Waals surface area (Å²) in [4.78, 5) is 41.0. The summed E-state index contributed by atoms with van der Waals surface area (Å²) in [6.07, 6.45) is 2.72. The van der Waals surface area contributed by atoms with Crippen LogP contribution in [0.25, 0.3) is 6.08 Å². The molecule has 0 saturated carbocycles. The molecule has 33 heavy (non-hydrogen) atoms. The summed E-state index contributed by atoms with van der Waals surface area (Å²) >= 11 is 0.824. The number of carbonyl (C=O) groups is 3. The molecule has 4 rings (SSSR count). The van der Waals surface area contributed by atoms with Crippen molar-refractivity contribution in [2.45, 2.75) is 38.6 Å². The highest BCUT2D eigenvalue weighted by Crippen LogP contribution is 2.43. The molecule has 0 bridgehead atoms. The number of carbonyl (C=O) groups excluding carboxylic acids is 3. The number of halogens is 1. The van der Waals surface area contributed by atoms with Gasteiger partial charge in [-0.05, 0) is 91.5 Å². The summed E-state index contributed by atoms with van der Waals surface area (Å²) in [5.41, 5.74) is 3.67. The molecule has 2 aromatic carbocycles. The lowest BCUT2D eigenvalue weighted by Gasteiger charge is -2.45. The Morgan fingerprint density at radius 1 is 1.21 bits per heavy atom. The monoisotopic (exact) mass is 467 g/mol. The van der Waals surface area contributed by atoms with Crippen LogP contribution < -0.4 is 10.2 Å². The van der Waals surface area contributed by atoms with Crippen molar-refractivity contribution in [3.63, 3.8) is 0 Å². The number of nitrogens with one attached hydrogen (secondary N) is 1. The van der Waals surface area contributed by atoms with Gasteiger partial charge in [-0.3, -0.25) is 19.3 Å². The summed E-state index contributed by atoms with van der Waals surface area (Å²) < 4.78 is 13.0. The Bertz CT molecular complexity index is 1160. The second kappa shape index (κ2) is 8.67. The first-order valence-electron chi connectivity index (χ1n) is 10.7. The van der Waals surface area contributed by atoms with E-state index in [2.05, 4.69) is 50.2 Å². The zero-order chi connectivity index (χ0) is 23.9. The average molecular weight is 468 g/mol. The summed E-state index contributed by atoms with van der Waals surface area (Å²) in [5, 5.41) is 2.07. The van der Waals surface area contributed by atoms with Gasteiger partial charge in [-0.2, -0.15) is 0 Å². The van der Waals surface area contributed by atoms with Gasteiger partial charge in [0, 0.05) is 24.0 Å². The number of thioether (sulfide) groups is 1. The smallest absolute Gasteiger partial charge is 0.294 e. The Morgan fingerprint density at radius 3 is 2.61 bits per heavy atom. The number of hydrogen-bond donors (Lipinski definition) is 1. The fraction of sp³-hybridized carbons (Fsp3) is 0.320. The van der Waals surface area contributed by atoms with Crippen molar-refractivity contribution in [3.8, 4) is 0 Å². The lowest BCUT2D eigenvalue weighted by atomic mass is 9.80. The highest BCUT2D eigenvalue weighted by atomic mass is 32.2. The third-order valence-electron chi connectivity index (χ3n) is 6.26. The molecule has 172 valence electrons. The molecule has 1 saturated heterocycles. The van der Waals surface area contributed by atoms with E-state index in [0.717, 1.165) is 28.6 Å². The number of rotatable bonds is 4. The van der Waals surface area contributed by atoms with Crippen LogP contribution in [-0.2, 0) is 9.59 Å². The Kier molecular flexibility index (Phi) is 6.05. The number of anilines is 2. The summed E-state index contributed by atoms with van der Waals surface area (Å²) in [5.74, 6) is -1.08. The van der Waals surface area contributed by atoms with Crippen molar-refractivity contribution in [1.29, 1.82) is 0 Å². The molecular formula is C25H26FN3O3S. The second-order valence-corrected chi connectivity index (χ2v) is 10.1. The third kappa shape index (κ3) is 4.66. The molecule has 1 unspecified atom stereocenters. The summed E-state index contributed by atoms with van der Waals surface area (Å²) in [6, 6.07) is 11.3. The van der Waals surface area contributed by atoms with Gasteiger partial charge in [0.1, 0.15) is 12.4 Å². The van der Waals surface area contributed by atoms with Crippen LogP contribution in [0.1, 0.15) is 44.2 Å². The van der Waals surface area contributed by atoms with Gasteiger partial charge in [0.05, 0.1) is 4.91 Å². The van der Waals surface area contributed by atoms with Gasteiger partial charge >= 0.3 is 0 Å². The standard InChI is InChI=1S/C25H26FN3O3S/c1-15-13-25(2,3)28(4)20-10-5-16(11-19(15)20)12-21-23(31)29(24(32)33-21)14-22(30)27-18-8-6-17(26)7-9-18/h5-12,15H,13-14H2,1-4H3,(H,27,30)/b21-12+. The average Bonchev–Trinajstić information content (AvgIpc) is 3.01. The van der Waals surface area contributed by atoms with Crippen LogP contribution in [0.3, 0.4) is 0 Å². The van der Waals surface area contributed by atoms with Gasteiger partial charge in [-0.15, -0.1) is 0 Å². The Morgan fingerprint density at radius 2 is 1.91 bits per heavy atom. The van der Waals surface area contributed by atoms with E-state index in [9.17, 15) is 18.8 Å². The molecule has 2 aliphatic rings. The van der Waals surface area contributed by atoms with Gasteiger partial charge < -0.3 is 10.2 Å². The number of imide groups is 1. The van der Waals surface area contributed by atoms with Crippen LogP contribution >= 0.6 is 11.8 Å². The maximum absolute atomic E-state index is 13.0. The van der Waals surface area contributed by atoms with Crippen LogP contribution in [0.4, 0.5) is 20.6 Å². The van der Waals surface area contributed by atoms with Crippen LogP contribution in [0.5, 0.6) is 0 Å². The molecule has 0 spiro atoms. The second-order valence-electron chi connectivity index (χ2n) is 9.12. The third-order valence-corrected chi connectivity index (χ3v) is 7.17. The van der Waals surface area contributed by atoms with E-state index in [1.165, 1.54) is 35.5 Å². The predicted octanol–water partition coefficient (Wildman–Crippen LogP) is 5.22. The number of nitrogens with zero attached hydrogens (tertiary/aromatic N) is 2. The van der Waals surface area contributed by atoms with Crippen LogP contribution in [0, 0.1) is 5.82 Å². The maximum Gasteiger partial charge on any atom is 0.294 e. The van der Waals surface area contributed by atoms with Crippen molar-refractivity contribution >= 4 is 46.3 Å². The fourth-order valence-corrected chi connectivity index (χ4v) is 5.19. The first-order valence-corrected chi connectivity index (χ1v) is 11.6. The van der Waals surface area contributed by atoms with E-state index < -0.39 is 29.4 Å². The maximum atomic E-state index is 13.0. The number of benzene rings is 2. The fourth-order valence-electron chi connectivity index (χ4n) is 4.35. The van der Waals surface area contributed by atoms with E-state index >= 15 is 0 Å². The summed E-state index contributed by atoms with van der Waals surface area (Å²) in [7, 11) is 2.09. The van der Waals surface area contributed by atoms with Crippen LogP contribution in [0.15, 0.2) is 47.4 Å². The molecule has 2 aliphatic heterocycles. The molecular weight excluding hydrogens is 441 g/mol. The Hall–Kier alpha value is -3.13. The van der Waals surface area contributed by atoms with Crippen molar-refractivity contribution in [2.24, 2.45) is 0 Å². The SMILES string of the molecule is CC1CC(C)(C)N(C)c2ccc(/C=C3/SC(=O)N(CC(=O)Nc4ccc(F)cc4)C3=O)cc21. The molecule has 0 radical (unpaired) electrons. The van der Waals surface area contributed by atoms with Crippen LogP contribution in [-0.4, -0.2) is 41.1 Å². The van der Waals surface area contributed by atoms with Crippen molar-refractivity contribution in [1.82, 2.24) is 4.90 Å². The topological polar surface area (TPSA) is 69.7 Å². The van der Waals surface area contributed by atoms with E-state index in [1.807, 2.05) is 6.07 Å². The molecule has 0 aromatic heterocycles. The minimum Gasteiger partial charge on any atom is -0.369 e. The van der Waals surface area contributed by atoms with Crippen molar-refractivity contribution < 1.29 is 18.8 Å². The first kappa shape index (κ1) is 23.0. The van der Waals surface area contributed by atoms with Crippen molar-refractivity contribution in [3.05, 3.63) is 64.3 Å². The first-order chi connectivity index (χ1) is 15.5. The Labute approximate surface area is 196 Å². The zero-order valence-electron chi connectivity index (χ0n) is 19.0. The molecule has 0 aliphatic carbocycles. The zero-order valence-corrected chi connectivity index (χ0v) is 19.8. The quantitative estimate of drug-likeness (QED) is 0.624. The molecule has 6 nitrogen and oxygen atoms in total. The molecule has 1 fully saturated rings. The highest BCUT2D eigenvalue weighted by molar-refractivity contribution is 8.18. The lowest BCUT2D eigenvalue weighted by molar-refractivity contribution is -0.127. The normalized spacial score (nSPS) is 20.9. The molecule has 2 aromatic rings. The highest BCUT2D eigenvalue weighted by Gasteiger charge is 2.37. The van der Waals surface area contributed by atoms with Gasteiger partial charge in [-0.1, -0.05) is 13.0 Å². The van der Waals surface area contributed by atoms with Crippen molar-refractivity contribution in [2.75, 3.05) is 23.8 Å². The van der Waals surface area contributed by atoms with E-state index in [0.29, 0.717) is 11.6 Å². The van der Waals surface area contributed by atoms with Gasteiger partial charge in [0.2, 0.25) is 5.91 Å². The number of fused-ring (bicyclic) bond motifs is 1. The van der Waals surface area contributed by atoms with E-state index in [4.69, 9.17) is 0 Å². The van der Waals surface area contributed by atoms with E-state index in [-0.39, 0.29) is 10.4 Å². The molecule has 1 N–H and O–H groups in total. The lowest BCUT2D eigenvalue weighted by Crippen LogP contribution is -2.45. The molecule has 1 atom stereocenters. The van der Waals surface area contributed by atoms with E-state index in [1.54, 1.807) is 6.08 Å².